The Morgan fingerprint density at radius 1 is 1.54 bits per heavy atom. The molecule has 0 aliphatic rings. The summed E-state index contributed by atoms with van der Waals surface area (Å²) >= 11 is 1.52. The molecule has 1 amide bonds. The molecule has 0 bridgehead atoms. The van der Waals surface area contributed by atoms with E-state index in [0.29, 0.717) is 24.7 Å². The quantitative estimate of drug-likeness (QED) is 0.285. The molecule has 2 rings (SSSR count). The number of ether oxygens (including phenoxy) is 1. The number of carbonyl (C=O) groups excluding carboxylic acids is 1. The fraction of sp³-hybridized carbons (Fsp3) is 0.438. The molecule has 2 heterocycles. The predicted molar refractivity (Wildman–Crippen MR) is 102 cm³/mol. The van der Waals surface area contributed by atoms with Gasteiger partial charge in [0.25, 0.3) is 0 Å². The Labute approximate surface area is 156 Å². The van der Waals surface area contributed by atoms with E-state index in [1.807, 2.05) is 19.1 Å². The Morgan fingerprint density at radius 2 is 2.38 bits per heavy atom. The topological polar surface area (TPSA) is 109 Å². The van der Waals surface area contributed by atoms with Gasteiger partial charge in [0.15, 0.2) is 0 Å². The van der Waals surface area contributed by atoms with E-state index in [4.69, 9.17) is 10.3 Å². The second kappa shape index (κ2) is 10.3. The van der Waals surface area contributed by atoms with Crippen LogP contribution >= 0.6 is 11.8 Å². The highest BCUT2D eigenvalue weighted by molar-refractivity contribution is 7.99. The van der Waals surface area contributed by atoms with E-state index in [-0.39, 0.29) is 0 Å². The number of anilines is 1. The van der Waals surface area contributed by atoms with Crippen LogP contribution in [-0.4, -0.2) is 45.6 Å². The molecule has 2 aromatic rings. The molecule has 0 atom stereocenters. The van der Waals surface area contributed by atoms with Crippen LogP contribution in [0, 0.1) is 6.92 Å². The number of aromatic nitrogens is 3. The Balaban J connectivity index is 2.13. The molecule has 2 aromatic heterocycles. The third-order valence-electron chi connectivity index (χ3n) is 3.45. The molecule has 0 saturated carbocycles. The van der Waals surface area contributed by atoms with Crippen molar-refractivity contribution in [2.45, 2.75) is 20.3 Å². The molecule has 0 saturated heterocycles. The lowest BCUT2D eigenvalue weighted by atomic mass is 10.3. The van der Waals surface area contributed by atoms with Gasteiger partial charge in [-0.3, -0.25) is 9.88 Å². The molecule has 138 valence electrons. The number of thioether (sulfide) groups is 1. The molecule has 0 aromatic carbocycles. The maximum atomic E-state index is 12.4. The van der Waals surface area contributed by atoms with Crippen molar-refractivity contribution in [3.8, 4) is 5.69 Å². The van der Waals surface area contributed by atoms with Gasteiger partial charge in [0.2, 0.25) is 0 Å². The van der Waals surface area contributed by atoms with E-state index in [1.54, 1.807) is 35.1 Å². The van der Waals surface area contributed by atoms with E-state index in [1.165, 1.54) is 11.8 Å². The molecule has 0 spiro atoms. The molecule has 10 heteroatoms. The van der Waals surface area contributed by atoms with E-state index in [2.05, 4.69) is 20.1 Å². The molecular weight excluding hydrogens is 354 g/mol. The van der Waals surface area contributed by atoms with Crippen LogP contribution in [0.5, 0.6) is 0 Å². The van der Waals surface area contributed by atoms with Crippen molar-refractivity contribution in [2.75, 3.05) is 29.7 Å². The van der Waals surface area contributed by atoms with Gasteiger partial charge in [-0.15, -0.1) is 0 Å². The average molecular weight is 375 g/mol. The van der Waals surface area contributed by atoms with Crippen LogP contribution in [0.25, 0.3) is 16.1 Å². The first kappa shape index (κ1) is 19.6. The smallest absolute Gasteiger partial charge is 0.414 e. The first-order chi connectivity index (χ1) is 12.7. The van der Waals surface area contributed by atoms with Gasteiger partial charge in [-0.2, -0.15) is 16.9 Å². The van der Waals surface area contributed by atoms with E-state index in [0.717, 1.165) is 23.6 Å². The van der Waals surface area contributed by atoms with E-state index < -0.39 is 6.09 Å². The van der Waals surface area contributed by atoms with Gasteiger partial charge >= 0.3 is 6.09 Å². The standard InChI is InChI=1S/C16H21N7O2S/c1-3-25-16(24)22(8-5-9-26-12-19-21-17)15-11-23(20-13(15)2)14-6-4-7-18-10-14/h4,6-7,10-11H,3,5,8-9,12H2,1-2H3. The third kappa shape index (κ3) is 5.40. The summed E-state index contributed by atoms with van der Waals surface area (Å²) in [6, 6.07) is 3.72. The predicted octanol–water partition coefficient (Wildman–Crippen LogP) is 3.93. The van der Waals surface area contributed by atoms with Crippen molar-refractivity contribution < 1.29 is 9.53 Å². The van der Waals surface area contributed by atoms with Crippen LogP contribution < -0.4 is 4.90 Å². The molecule has 0 N–H and O–H groups in total. The number of amides is 1. The highest BCUT2D eigenvalue weighted by Gasteiger charge is 2.21. The van der Waals surface area contributed by atoms with Crippen LogP contribution in [0.15, 0.2) is 35.8 Å². The molecule has 0 aliphatic carbocycles. The van der Waals surface area contributed by atoms with Crippen molar-refractivity contribution >= 4 is 23.5 Å². The van der Waals surface area contributed by atoms with Gasteiger partial charge in [-0.05, 0) is 43.7 Å². The second-order valence-electron chi connectivity index (χ2n) is 5.23. The summed E-state index contributed by atoms with van der Waals surface area (Å²) in [6.45, 7) is 4.42. The van der Waals surface area contributed by atoms with Crippen molar-refractivity contribution in [1.82, 2.24) is 14.8 Å². The highest BCUT2D eigenvalue weighted by atomic mass is 32.2. The number of rotatable bonds is 9. The van der Waals surface area contributed by atoms with E-state index in [9.17, 15) is 4.79 Å². The summed E-state index contributed by atoms with van der Waals surface area (Å²) in [5, 5.41) is 7.96. The first-order valence-corrected chi connectivity index (χ1v) is 9.32. The second-order valence-corrected chi connectivity index (χ2v) is 6.30. The first-order valence-electron chi connectivity index (χ1n) is 8.17. The van der Waals surface area contributed by atoms with E-state index >= 15 is 0 Å². The Kier molecular flexibility index (Phi) is 7.78. The number of carbonyl (C=O) groups is 1. The third-order valence-corrected chi connectivity index (χ3v) is 4.32. The Bertz CT molecular complexity index is 759. The minimum absolute atomic E-state index is 0.302. The monoisotopic (exact) mass is 375 g/mol. The van der Waals surface area contributed by atoms with Gasteiger partial charge in [0.1, 0.15) is 0 Å². The van der Waals surface area contributed by atoms with Crippen molar-refractivity contribution in [2.24, 2.45) is 5.11 Å². The minimum atomic E-state index is -0.401. The SMILES string of the molecule is CCOC(=O)N(CCCSCN=[N+]=[N-])c1cn(-c2cccnc2)nc1C. The molecule has 26 heavy (non-hydrogen) atoms. The number of azide groups is 1. The molecule has 0 fully saturated rings. The molecule has 0 radical (unpaired) electrons. The van der Waals surface area contributed by atoms with Gasteiger partial charge in [-0.25, -0.2) is 9.48 Å². The Morgan fingerprint density at radius 3 is 3.08 bits per heavy atom. The number of pyridine rings is 1. The molecular formula is C16H21N7O2S. The number of nitrogens with zero attached hydrogens (tertiary/aromatic N) is 7. The van der Waals surface area contributed by atoms with Gasteiger partial charge < -0.3 is 4.74 Å². The molecule has 9 nitrogen and oxygen atoms in total. The van der Waals surface area contributed by atoms with Crippen LogP contribution in [0.1, 0.15) is 19.0 Å². The number of hydrogen-bond donors (Lipinski definition) is 0. The fourth-order valence-electron chi connectivity index (χ4n) is 2.30. The van der Waals surface area contributed by atoms with Crippen LogP contribution in [0.4, 0.5) is 10.5 Å². The zero-order valence-electron chi connectivity index (χ0n) is 14.8. The number of hydrogen-bond acceptors (Lipinski definition) is 6. The summed E-state index contributed by atoms with van der Waals surface area (Å²) < 4.78 is 6.88. The normalized spacial score (nSPS) is 10.2. The lowest BCUT2D eigenvalue weighted by molar-refractivity contribution is 0.159. The largest absolute Gasteiger partial charge is 0.449 e. The lowest BCUT2D eigenvalue weighted by Crippen LogP contribution is -2.33. The highest BCUT2D eigenvalue weighted by Crippen LogP contribution is 2.22. The summed E-state index contributed by atoms with van der Waals surface area (Å²) in [6.07, 6.45) is 5.54. The van der Waals surface area contributed by atoms with Crippen molar-refractivity contribution in [3.05, 3.63) is 46.9 Å². The summed E-state index contributed by atoms with van der Waals surface area (Å²) in [7, 11) is 0. The maximum absolute atomic E-state index is 12.4. The van der Waals surface area contributed by atoms with Gasteiger partial charge in [-0.1, -0.05) is 5.11 Å². The minimum Gasteiger partial charge on any atom is -0.449 e. The van der Waals surface area contributed by atoms with Crippen molar-refractivity contribution in [1.29, 1.82) is 0 Å². The van der Waals surface area contributed by atoms with Gasteiger partial charge in [0, 0.05) is 17.7 Å². The zero-order valence-corrected chi connectivity index (χ0v) is 15.6. The summed E-state index contributed by atoms with van der Waals surface area (Å²) in [4.78, 5) is 20.8. The van der Waals surface area contributed by atoms with Crippen LogP contribution in [0.3, 0.4) is 0 Å². The number of aryl methyl sites for hydroxylation is 1. The fourth-order valence-corrected chi connectivity index (χ4v) is 2.90. The molecule has 0 unspecified atom stereocenters. The lowest BCUT2D eigenvalue weighted by Gasteiger charge is -2.21. The maximum Gasteiger partial charge on any atom is 0.414 e. The average Bonchev–Trinajstić information content (AvgIpc) is 3.03. The summed E-state index contributed by atoms with van der Waals surface area (Å²) in [5.41, 5.74) is 10.5. The Hall–Kier alpha value is -2.71. The van der Waals surface area contributed by atoms with Crippen LogP contribution in [-0.2, 0) is 4.74 Å². The zero-order chi connectivity index (χ0) is 18.8. The summed E-state index contributed by atoms with van der Waals surface area (Å²) in [5.74, 6) is 1.15. The molecule has 0 aliphatic heterocycles. The van der Waals surface area contributed by atoms with Gasteiger partial charge in [0.05, 0.1) is 41.9 Å². The van der Waals surface area contributed by atoms with Crippen LogP contribution in [0.2, 0.25) is 0 Å². The van der Waals surface area contributed by atoms with Crippen molar-refractivity contribution in [3.63, 3.8) is 0 Å².